The Morgan fingerprint density at radius 1 is 1.15 bits per heavy atom. The van der Waals surface area contributed by atoms with Crippen LogP contribution in [0.2, 0.25) is 0 Å². The molecular weight excluding hydrogens is 404 g/mol. The van der Waals surface area contributed by atoms with Crippen LogP contribution in [0.15, 0.2) is 57.0 Å². The number of halogens is 1. The monoisotopic (exact) mass is 425 g/mol. The Kier molecular flexibility index (Phi) is 3.93. The van der Waals surface area contributed by atoms with E-state index in [4.69, 9.17) is 10.7 Å². The largest absolute Gasteiger partial charge is 0.379 e. The number of allylic oxidation sites excluding steroid dienone is 6. The van der Waals surface area contributed by atoms with E-state index in [2.05, 4.69) is 58.4 Å². The summed E-state index contributed by atoms with van der Waals surface area (Å²) in [4.78, 5) is 5.21. The molecule has 0 fully saturated rings. The van der Waals surface area contributed by atoms with Crippen molar-refractivity contribution in [3.05, 3.63) is 69.2 Å². The number of rotatable bonds is 0. The fourth-order valence-corrected chi connectivity index (χ4v) is 6.67. The number of nitrogens with zero attached hydrogens (tertiary/aromatic N) is 1. The first-order valence-corrected chi connectivity index (χ1v) is 11.1. The van der Waals surface area contributed by atoms with Crippen LogP contribution in [0.5, 0.6) is 0 Å². The second kappa shape index (κ2) is 6.09. The molecule has 132 valence electrons. The first-order valence-electron chi connectivity index (χ1n) is 9.37. The van der Waals surface area contributed by atoms with Gasteiger partial charge >= 0.3 is 0 Å². The van der Waals surface area contributed by atoms with Crippen LogP contribution in [0.4, 0.5) is 0 Å². The SMILES string of the molecule is NC1=NC2(CCS1)c1cc(Br)ccc1CC21CCC2=C(C=C[C+]=C2)CC1. The van der Waals surface area contributed by atoms with Crippen molar-refractivity contribution in [2.45, 2.75) is 44.1 Å². The summed E-state index contributed by atoms with van der Waals surface area (Å²) < 4.78 is 1.14. The molecule has 2 nitrogen and oxygen atoms in total. The topological polar surface area (TPSA) is 38.4 Å². The minimum absolute atomic E-state index is 0.160. The molecule has 5 rings (SSSR count). The Labute approximate surface area is 167 Å². The molecule has 0 aromatic heterocycles. The third-order valence-corrected chi connectivity index (χ3v) is 8.02. The molecule has 2 spiro atoms. The summed E-state index contributed by atoms with van der Waals surface area (Å²) in [5, 5.41) is 0.763. The summed E-state index contributed by atoms with van der Waals surface area (Å²) in [5.74, 6) is 1.06. The lowest BCUT2D eigenvalue weighted by Crippen LogP contribution is -2.45. The molecule has 0 saturated heterocycles. The summed E-state index contributed by atoms with van der Waals surface area (Å²) in [5.41, 5.74) is 12.1. The van der Waals surface area contributed by atoms with Gasteiger partial charge in [0.25, 0.3) is 0 Å². The van der Waals surface area contributed by atoms with Crippen LogP contribution < -0.4 is 5.73 Å². The lowest BCUT2D eigenvalue weighted by molar-refractivity contribution is 0.114. The highest BCUT2D eigenvalue weighted by atomic mass is 79.9. The fourth-order valence-electron chi connectivity index (χ4n) is 5.48. The number of nitrogens with two attached hydrogens (primary N) is 1. The van der Waals surface area contributed by atoms with Crippen molar-refractivity contribution in [3.63, 3.8) is 0 Å². The molecule has 2 unspecified atom stereocenters. The number of benzene rings is 1. The van der Waals surface area contributed by atoms with Crippen LogP contribution in [0.25, 0.3) is 0 Å². The third kappa shape index (κ3) is 2.39. The van der Waals surface area contributed by atoms with E-state index in [0.717, 1.165) is 41.1 Å². The third-order valence-electron chi connectivity index (χ3n) is 6.74. The molecule has 0 amide bonds. The minimum atomic E-state index is -0.160. The molecule has 3 aliphatic carbocycles. The average Bonchev–Trinajstić information content (AvgIpc) is 2.78. The zero-order valence-corrected chi connectivity index (χ0v) is 17.1. The van der Waals surface area contributed by atoms with Gasteiger partial charge in [0.2, 0.25) is 0 Å². The van der Waals surface area contributed by atoms with Crippen molar-refractivity contribution in [1.82, 2.24) is 0 Å². The number of aliphatic imine (C=N–C) groups is 1. The molecule has 1 heterocycles. The number of fused-ring (bicyclic) bond motifs is 3. The van der Waals surface area contributed by atoms with Crippen molar-refractivity contribution >= 4 is 32.9 Å². The summed E-state index contributed by atoms with van der Waals surface area (Å²) >= 11 is 5.40. The van der Waals surface area contributed by atoms with Crippen LogP contribution in [-0.4, -0.2) is 10.9 Å². The molecule has 26 heavy (non-hydrogen) atoms. The van der Waals surface area contributed by atoms with Crippen LogP contribution in [0.1, 0.15) is 43.2 Å². The summed E-state index contributed by atoms with van der Waals surface area (Å²) in [6.07, 6.45) is 16.6. The van der Waals surface area contributed by atoms with Gasteiger partial charge in [-0.3, -0.25) is 4.99 Å². The molecule has 4 heteroatoms. The van der Waals surface area contributed by atoms with Gasteiger partial charge in [0.15, 0.2) is 5.17 Å². The highest BCUT2D eigenvalue weighted by molar-refractivity contribution is 9.10. The number of thioether (sulfide) groups is 1. The van der Waals surface area contributed by atoms with Gasteiger partial charge in [0, 0.05) is 28.1 Å². The number of hydrogen-bond donors (Lipinski definition) is 1. The van der Waals surface area contributed by atoms with E-state index >= 15 is 0 Å². The standard InChI is InChI=1S/C22H22BrN2S/c23-18-6-5-17-14-21(9-7-15-3-1-2-4-16(15)8-10-21)22(19(17)13-18)11-12-26-20(24)25-22/h1,3-6,13H,7-12,14H2,(H2,24,25)/q+1. The Bertz CT molecular complexity index is 869. The molecule has 0 bridgehead atoms. The highest BCUT2D eigenvalue weighted by Crippen LogP contribution is 2.62. The van der Waals surface area contributed by atoms with Gasteiger partial charge in [-0.1, -0.05) is 33.8 Å². The predicted molar refractivity (Wildman–Crippen MR) is 113 cm³/mol. The van der Waals surface area contributed by atoms with Gasteiger partial charge in [-0.2, -0.15) is 0 Å². The van der Waals surface area contributed by atoms with E-state index in [0.29, 0.717) is 0 Å². The highest BCUT2D eigenvalue weighted by Gasteiger charge is 2.58. The van der Waals surface area contributed by atoms with E-state index in [9.17, 15) is 0 Å². The van der Waals surface area contributed by atoms with Gasteiger partial charge in [-0.15, -0.1) is 0 Å². The second-order valence-electron chi connectivity index (χ2n) is 7.86. The van der Waals surface area contributed by atoms with Crippen molar-refractivity contribution in [2.24, 2.45) is 16.1 Å². The van der Waals surface area contributed by atoms with E-state index < -0.39 is 0 Å². The summed E-state index contributed by atoms with van der Waals surface area (Å²) in [7, 11) is 0. The van der Waals surface area contributed by atoms with Crippen molar-refractivity contribution in [3.8, 4) is 0 Å². The van der Waals surface area contributed by atoms with Crippen molar-refractivity contribution in [1.29, 1.82) is 0 Å². The van der Waals surface area contributed by atoms with E-state index in [1.165, 1.54) is 35.1 Å². The molecule has 2 N–H and O–H groups in total. The van der Waals surface area contributed by atoms with Gasteiger partial charge in [0.05, 0.1) is 22.8 Å². The molecular formula is C22H22BrN2S+. The lowest BCUT2D eigenvalue weighted by Gasteiger charge is -2.45. The van der Waals surface area contributed by atoms with Crippen molar-refractivity contribution in [2.75, 3.05) is 5.75 Å². The molecule has 2 atom stereocenters. The molecule has 1 aliphatic heterocycles. The Balaban J connectivity index is 1.64. The molecule has 4 aliphatic rings. The quantitative estimate of drug-likeness (QED) is 0.561. The Morgan fingerprint density at radius 2 is 2.00 bits per heavy atom. The normalized spacial score (nSPS) is 32.3. The van der Waals surface area contributed by atoms with E-state index in [1.807, 2.05) is 0 Å². The summed E-state index contributed by atoms with van der Waals surface area (Å²) in [6.45, 7) is 0. The number of hydrogen-bond acceptors (Lipinski definition) is 3. The maximum atomic E-state index is 6.29. The van der Waals surface area contributed by atoms with Gasteiger partial charge in [-0.25, -0.2) is 0 Å². The lowest BCUT2D eigenvalue weighted by atomic mass is 9.64. The smallest absolute Gasteiger partial charge is 0.154 e. The molecule has 1 aromatic carbocycles. The van der Waals surface area contributed by atoms with Crippen LogP contribution in [0.3, 0.4) is 0 Å². The maximum Gasteiger partial charge on any atom is 0.154 e. The second-order valence-corrected chi connectivity index (χ2v) is 9.89. The predicted octanol–water partition coefficient (Wildman–Crippen LogP) is 5.44. The van der Waals surface area contributed by atoms with Crippen molar-refractivity contribution < 1.29 is 0 Å². The maximum absolute atomic E-state index is 6.29. The Hall–Kier alpha value is -1.35. The fraction of sp³-hybridized carbons (Fsp3) is 0.409. The minimum Gasteiger partial charge on any atom is -0.379 e. The van der Waals surface area contributed by atoms with Crippen LogP contribution in [-0.2, 0) is 12.0 Å². The number of amidine groups is 1. The first kappa shape index (κ1) is 16.8. The van der Waals surface area contributed by atoms with Gasteiger partial charge < -0.3 is 5.73 Å². The molecule has 0 radical (unpaired) electrons. The average molecular weight is 426 g/mol. The summed E-state index contributed by atoms with van der Waals surface area (Å²) in [6, 6.07) is 6.79. The van der Waals surface area contributed by atoms with E-state index in [1.54, 1.807) is 11.8 Å². The Morgan fingerprint density at radius 3 is 2.85 bits per heavy atom. The molecule has 0 saturated carbocycles. The van der Waals surface area contributed by atoms with Crippen LogP contribution in [0, 0.1) is 11.5 Å². The zero-order chi connectivity index (χ0) is 17.8. The first-order chi connectivity index (χ1) is 12.6. The van der Waals surface area contributed by atoms with Gasteiger partial charge in [-0.05, 0) is 55.4 Å². The zero-order valence-electron chi connectivity index (χ0n) is 14.7. The molecule has 1 aromatic rings. The van der Waals surface area contributed by atoms with Crippen LogP contribution >= 0.6 is 27.7 Å². The van der Waals surface area contributed by atoms with Gasteiger partial charge in [0.1, 0.15) is 12.2 Å². The van der Waals surface area contributed by atoms with E-state index in [-0.39, 0.29) is 11.0 Å².